The largest absolute Gasteiger partial charge is 0.475 e. The summed E-state index contributed by atoms with van der Waals surface area (Å²) in [4.78, 5) is 25.9. The van der Waals surface area contributed by atoms with Crippen LogP contribution >= 0.6 is 0 Å². The van der Waals surface area contributed by atoms with Gasteiger partial charge < -0.3 is 25.4 Å². The number of nitriles is 1. The maximum Gasteiger partial charge on any atom is 0.407 e. The SMILES string of the molecule is CC(C)Oc1ncccc1CNc1ncc(C#N)c(NC[C@@]23CC4C[C@H](C2)[C@@H](NC(=O)OC(C)(C)C)[C@@H](C4)C3)n1. The molecular formula is C30H41N7O3. The zero-order valence-corrected chi connectivity index (χ0v) is 24.2. The third-order valence-electron chi connectivity index (χ3n) is 8.26. The molecule has 0 radical (unpaired) electrons. The van der Waals surface area contributed by atoms with Crippen LogP contribution in [-0.2, 0) is 11.3 Å². The minimum atomic E-state index is -0.507. The molecule has 40 heavy (non-hydrogen) atoms. The lowest BCUT2D eigenvalue weighted by molar-refractivity contribution is -0.0703. The molecule has 6 rings (SSSR count). The van der Waals surface area contributed by atoms with Crippen LogP contribution in [0.25, 0.3) is 0 Å². The number of anilines is 2. The van der Waals surface area contributed by atoms with Gasteiger partial charge in [-0.3, -0.25) is 0 Å². The Bertz CT molecular complexity index is 1250. The van der Waals surface area contributed by atoms with E-state index in [1.807, 2.05) is 46.8 Å². The number of ether oxygens (including phenoxy) is 2. The number of alkyl carbamates (subject to hydrolysis) is 1. The minimum Gasteiger partial charge on any atom is -0.475 e. The van der Waals surface area contributed by atoms with E-state index in [1.165, 1.54) is 6.42 Å². The van der Waals surface area contributed by atoms with Crippen LogP contribution in [0, 0.1) is 34.5 Å². The van der Waals surface area contributed by atoms with Gasteiger partial charge in [-0.2, -0.15) is 10.2 Å². The van der Waals surface area contributed by atoms with Crippen LogP contribution in [-0.4, -0.2) is 45.3 Å². The number of pyridine rings is 1. The molecule has 0 aromatic carbocycles. The molecular weight excluding hydrogens is 506 g/mol. The van der Waals surface area contributed by atoms with Crippen LogP contribution in [0.5, 0.6) is 5.88 Å². The van der Waals surface area contributed by atoms with Crippen molar-refractivity contribution in [2.45, 2.75) is 91.0 Å². The highest BCUT2D eigenvalue weighted by Crippen LogP contribution is 2.60. The predicted octanol–water partition coefficient (Wildman–Crippen LogP) is 5.27. The van der Waals surface area contributed by atoms with Gasteiger partial charge in [0.25, 0.3) is 0 Å². The number of aromatic nitrogens is 3. The molecule has 2 aromatic rings. The Balaban J connectivity index is 1.24. The number of carbonyl (C=O) groups is 1. The summed E-state index contributed by atoms with van der Waals surface area (Å²) in [6.07, 6.45) is 8.55. The van der Waals surface area contributed by atoms with Crippen LogP contribution in [0.4, 0.5) is 16.6 Å². The second-order valence-electron chi connectivity index (χ2n) is 13.1. The second-order valence-corrected chi connectivity index (χ2v) is 13.1. The Morgan fingerprint density at radius 2 is 1.93 bits per heavy atom. The molecule has 4 bridgehead atoms. The van der Waals surface area contributed by atoms with Crippen molar-refractivity contribution in [2.75, 3.05) is 17.2 Å². The molecule has 5 atom stereocenters. The number of nitrogens with zero attached hydrogens (tertiary/aromatic N) is 4. The first kappa shape index (κ1) is 27.9. The Kier molecular flexibility index (Phi) is 7.76. The Morgan fingerprint density at radius 1 is 1.18 bits per heavy atom. The fourth-order valence-corrected chi connectivity index (χ4v) is 7.11. The molecule has 2 heterocycles. The third-order valence-corrected chi connectivity index (χ3v) is 8.26. The summed E-state index contributed by atoms with van der Waals surface area (Å²) >= 11 is 0. The molecule has 10 nitrogen and oxygen atoms in total. The number of nitrogens with one attached hydrogen (secondary N) is 3. The molecule has 3 N–H and O–H groups in total. The van der Waals surface area contributed by atoms with Crippen LogP contribution in [0.3, 0.4) is 0 Å². The summed E-state index contributed by atoms with van der Waals surface area (Å²) in [5, 5.41) is 19.7. The molecule has 4 aliphatic carbocycles. The van der Waals surface area contributed by atoms with Gasteiger partial charge in [0.2, 0.25) is 11.8 Å². The maximum atomic E-state index is 12.5. The zero-order valence-electron chi connectivity index (χ0n) is 24.2. The quantitative estimate of drug-likeness (QED) is 0.383. The van der Waals surface area contributed by atoms with Gasteiger partial charge in [0.1, 0.15) is 23.1 Å². The molecule has 0 aliphatic heterocycles. The number of carbonyl (C=O) groups excluding carboxylic acids is 1. The highest BCUT2D eigenvalue weighted by Gasteiger charge is 2.55. The predicted molar refractivity (Wildman–Crippen MR) is 152 cm³/mol. The molecule has 0 saturated heterocycles. The van der Waals surface area contributed by atoms with Gasteiger partial charge in [-0.15, -0.1) is 0 Å². The fraction of sp³-hybridized carbons (Fsp3) is 0.633. The second kappa shape index (κ2) is 11.1. The summed E-state index contributed by atoms with van der Waals surface area (Å²) in [6, 6.07) is 6.22. The summed E-state index contributed by atoms with van der Waals surface area (Å²) in [7, 11) is 0. The zero-order chi connectivity index (χ0) is 28.5. The lowest BCUT2D eigenvalue weighted by atomic mass is 9.48. The van der Waals surface area contributed by atoms with Gasteiger partial charge >= 0.3 is 6.09 Å². The van der Waals surface area contributed by atoms with Crippen LogP contribution in [0.1, 0.15) is 77.8 Å². The van der Waals surface area contributed by atoms with Crippen LogP contribution in [0.15, 0.2) is 24.5 Å². The number of rotatable bonds is 9. The normalized spacial score (nSPS) is 26.7. The van der Waals surface area contributed by atoms with E-state index >= 15 is 0 Å². The van der Waals surface area contributed by atoms with Crippen LogP contribution < -0.4 is 20.7 Å². The highest BCUT2D eigenvalue weighted by atomic mass is 16.6. The van der Waals surface area contributed by atoms with E-state index < -0.39 is 5.60 Å². The molecule has 4 aliphatic rings. The monoisotopic (exact) mass is 547 g/mol. The summed E-state index contributed by atoms with van der Waals surface area (Å²) in [5.74, 6) is 3.13. The number of hydrogen-bond acceptors (Lipinski definition) is 9. The highest BCUT2D eigenvalue weighted by molar-refractivity contribution is 5.68. The van der Waals surface area contributed by atoms with Gasteiger partial charge in [0.15, 0.2) is 0 Å². The van der Waals surface area contributed by atoms with Gasteiger partial charge in [0.05, 0.1) is 12.3 Å². The molecule has 0 spiro atoms. The first-order valence-electron chi connectivity index (χ1n) is 14.4. The van der Waals surface area contributed by atoms with E-state index in [1.54, 1.807) is 12.4 Å². The minimum absolute atomic E-state index is 0.0172. The van der Waals surface area contributed by atoms with Gasteiger partial charge in [-0.25, -0.2) is 14.8 Å². The van der Waals surface area contributed by atoms with Crippen molar-refractivity contribution in [3.63, 3.8) is 0 Å². The summed E-state index contributed by atoms with van der Waals surface area (Å²) < 4.78 is 11.4. The van der Waals surface area contributed by atoms with Crippen molar-refractivity contribution in [1.29, 1.82) is 5.26 Å². The number of hydrogen-bond donors (Lipinski definition) is 3. The van der Waals surface area contributed by atoms with E-state index in [0.29, 0.717) is 47.5 Å². The molecule has 4 fully saturated rings. The average molecular weight is 548 g/mol. The molecule has 214 valence electrons. The summed E-state index contributed by atoms with van der Waals surface area (Å²) in [6.45, 7) is 10.8. The Labute approximate surface area is 236 Å². The number of amides is 1. The first-order valence-corrected chi connectivity index (χ1v) is 14.4. The average Bonchev–Trinajstić information content (AvgIpc) is 2.87. The van der Waals surface area contributed by atoms with Crippen molar-refractivity contribution in [3.8, 4) is 11.9 Å². The van der Waals surface area contributed by atoms with E-state index in [0.717, 1.165) is 37.8 Å². The van der Waals surface area contributed by atoms with Crippen LogP contribution in [0.2, 0.25) is 0 Å². The third kappa shape index (κ3) is 6.40. The van der Waals surface area contributed by atoms with Gasteiger partial charge in [0, 0.05) is 30.9 Å². The Morgan fingerprint density at radius 3 is 2.60 bits per heavy atom. The molecule has 1 unspecified atom stereocenters. The summed E-state index contributed by atoms with van der Waals surface area (Å²) in [5.41, 5.74) is 0.950. The van der Waals surface area contributed by atoms with Crippen molar-refractivity contribution in [3.05, 3.63) is 35.7 Å². The standard InChI is InChI=1S/C30H41N7O3/c1-18(2)39-26-20(7-6-8-32-26)15-33-27-34-16-23(14-31)25(37-27)35-17-30-11-19-9-21(12-30)24(22(10-19)13-30)36-28(38)40-29(3,4)5/h6-8,16,18-19,21-22,24H,9-13,15,17H2,1-5H3,(H,36,38)(H2,33,34,35,37)/t19?,21-,22+,24-,30+. The van der Waals surface area contributed by atoms with Crippen molar-refractivity contribution < 1.29 is 14.3 Å². The first-order chi connectivity index (χ1) is 19.0. The maximum absolute atomic E-state index is 12.5. The van der Waals surface area contributed by atoms with Crippen molar-refractivity contribution in [1.82, 2.24) is 20.3 Å². The molecule has 1 amide bonds. The van der Waals surface area contributed by atoms with E-state index in [9.17, 15) is 10.1 Å². The topological polar surface area (TPSA) is 134 Å². The molecule has 10 heteroatoms. The van der Waals surface area contributed by atoms with E-state index in [2.05, 4.69) is 37.0 Å². The van der Waals surface area contributed by atoms with Crippen molar-refractivity contribution >= 4 is 17.9 Å². The smallest absolute Gasteiger partial charge is 0.407 e. The molecule has 4 saturated carbocycles. The van der Waals surface area contributed by atoms with E-state index in [4.69, 9.17) is 9.47 Å². The Hall–Kier alpha value is -3.61. The van der Waals surface area contributed by atoms with E-state index in [-0.39, 0.29) is 23.7 Å². The fourth-order valence-electron chi connectivity index (χ4n) is 7.11. The van der Waals surface area contributed by atoms with Gasteiger partial charge in [-0.1, -0.05) is 6.07 Å². The molecule has 2 aromatic heterocycles. The van der Waals surface area contributed by atoms with Gasteiger partial charge in [-0.05, 0) is 96.0 Å². The lowest BCUT2D eigenvalue weighted by Gasteiger charge is -2.60. The van der Waals surface area contributed by atoms with Crippen molar-refractivity contribution in [2.24, 2.45) is 23.2 Å². The lowest BCUT2D eigenvalue weighted by Crippen LogP contribution is -2.60.